The first-order valence-electron chi connectivity index (χ1n) is 6.69. The summed E-state index contributed by atoms with van der Waals surface area (Å²) in [6, 6.07) is 12.3. The molecular formula is C16H11N3O2S2. The van der Waals surface area contributed by atoms with Gasteiger partial charge in [0.2, 0.25) is 0 Å². The minimum absolute atomic E-state index is 0.287. The molecule has 1 saturated heterocycles. The first-order chi connectivity index (χ1) is 11.1. The molecule has 5 nitrogen and oxygen atoms in total. The molecule has 2 amide bonds. The predicted octanol–water partition coefficient (Wildman–Crippen LogP) is 2.63. The maximum atomic E-state index is 12.4. The molecule has 23 heavy (non-hydrogen) atoms. The first-order valence-corrected chi connectivity index (χ1v) is 7.91. The average Bonchev–Trinajstić information content (AvgIpc) is 2.84. The van der Waals surface area contributed by atoms with Crippen molar-refractivity contribution in [1.29, 1.82) is 0 Å². The van der Waals surface area contributed by atoms with Gasteiger partial charge in [0.15, 0.2) is 4.32 Å². The number of thiocarbonyl (C=S) groups is 1. The quantitative estimate of drug-likeness (QED) is 0.687. The first kappa shape index (κ1) is 15.4. The third-order valence-electron chi connectivity index (χ3n) is 3.03. The summed E-state index contributed by atoms with van der Waals surface area (Å²) in [5, 5.41) is 1.09. The van der Waals surface area contributed by atoms with Crippen molar-refractivity contribution in [3.8, 4) is 0 Å². The zero-order chi connectivity index (χ0) is 16.2. The maximum absolute atomic E-state index is 12.4. The second-order valence-electron chi connectivity index (χ2n) is 4.61. The number of benzene rings is 1. The molecule has 1 aromatic carbocycles. The fourth-order valence-electron chi connectivity index (χ4n) is 1.93. The molecule has 0 bridgehead atoms. The molecule has 1 aliphatic rings. The number of nitrogens with one attached hydrogen (secondary N) is 1. The molecule has 0 aliphatic carbocycles. The molecule has 1 aliphatic heterocycles. The van der Waals surface area contributed by atoms with Gasteiger partial charge in [-0.3, -0.25) is 20.0 Å². The van der Waals surface area contributed by atoms with E-state index in [1.807, 2.05) is 12.1 Å². The van der Waals surface area contributed by atoms with E-state index in [0.717, 1.165) is 22.3 Å². The molecule has 2 heterocycles. The standard InChI is InChI=1S/C16H11N3O2S2/c20-14(12-6-2-1-3-7-12)18-19-15(21)13(23-16(19)22)9-11-5-4-8-17-10-11/h1-10H,(H,18,20). The van der Waals surface area contributed by atoms with Crippen LogP contribution in [0.5, 0.6) is 0 Å². The number of thioether (sulfide) groups is 1. The minimum Gasteiger partial charge on any atom is -0.267 e. The Morgan fingerprint density at radius 1 is 1.22 bits per heavy atom. The molecule has 0 atom stereocenters. The Balaban J connectivity index is 1.77. The third-order valence-corrected chi connectivity index (χ3v) is 4.33. The zero-order valence-corrected chi connectivity index (χ0v) is 13.4. The van der Waals surface area contributed by atoms with Crippen LogP contribution in [0.2, 0.25) is 0 Å². The topological polar surface area (TPSA) is 62.3 Å². The normalized spacial score (nSPS) is 16.0. The molecular weight excluding hydrogens is 330 g/mol. The summed E-state index contributed by atoms with van der Waals surface area (Å²) in [5.74, 6) is -0.738. The number of rotatable bonds is 3. The van der Waals surface area contributed by atoms with Crippen molar-refractivity contribution >= 4 is 46.2 Å². The van der Waals surface area contributed by atoms with Crippen molar-refractivity contribution < 1.29 is 9.59 Å². The molecule has 0 saturated carbocycles. The summed E-state index contributed by atoms with van der Waals surface area (Å²) < 4.78 is 0.287. The van der Waals surface area contributed by atoms with Gasteiger partial charge in [0.1, 0.15) is 0 Å². The van der Waals surface area contributed by atoms with Gasteiger partial charge in [-0.25, -0.2) is 0 Å². The summed E-state index contributed by atoms with van der Waals surface area (Å²) in [6.07, 6.45) is 5.00. The van der Waals surface area contributed by atoms with Crippen LogP contribution in [0.4, 0.5) is 0 Å². The molecule has 0 radical (unpaired) electrons. The van der Waals surface area contributed by atoms with Crippen molar-refractivity contribution in [2.75, 3.05) is 0 Å². The van der Waals surface area contributed by atoms with Crippen LogP contribution >= 0.6 is 24.0 Å². The van der Waals surface area contributed by atoms with Crippen LogP contribution in [-0.2, 0) is 4.79 Å². The Hall–Kier alpha value is -2.51. The lowest BCUT2D eigenvalue weighted by Crippen LogP contribution is -2.44. The van der Waals surface area contributed by atoms with Crippen LogP contribution in [-0.4, -0.2) is 26.1 Å². The SMILES string of the molecule is O=C(NN1C(=O)C(=Cc2cccnc2)SC1=S)c1ccccc1. The molecule has 114 valence electrons. The van der Waals surface area contributed by atoms with Crippen molar-refractivity contribution in [3.05, 3.63) is 70.9 Å². The highest BCUT2D eigenvalue weighted by Gasteiger charge is 2.33. The van der Waals surface area contributed by atoms with E-state index in [4.69, 9.17) is 12.2 Å². The van der Waals surface area contributed by atoms with Gasteiger partial charge >= 0.3 is 0 Å². The van der Waals surface area contributed by atoms with E-state index in [0.29, 0.717) is 10.5 Å². The molecule has 2 aromatic rings. The smallest absolute Gasteiger partial charge is 0.267 e. The zero-order valence-electron chi connectivity index (χ0n) is 11.8. The molecule has 0 spiro atoms. The highest BCUT2D eigenvalue weighted by molar-refractivity contribution is 8.26. The van der Waals surface area contributed by atoms with Crippen molar-refractivity contribution in [2.45, 2.75) is 0 Å². The summed E-state index contributed by atoms with van der Waals surface area (Å²) in [7, 11) is 0. The van der Waals surface area contributed by atoms with Gasteiger partial charge in [0.05, 0.1) is 4.91 Å². The lowest BCUT2D eigenvalue weighted by molar-refractivity contribution is -0.123. The Morgan fingerprint density at radius 2 is 2.00 bits per heavy atom. The van der Waals surface area contributed by atoms with Crippen LogP contribution in [0, 0.1) is 0 Å². The van der Waals surface area contributed by atoms with Crippen LogP contribution in [0.15, 0.2) is 59.8 Å². The van der Waals surface area contributed by atoms with E-state index in [9.17, 15) is 9.59 Å². The summed E-state index contributed by atoms with van der Waals surface area (Å²) >= 11 is 6.32. The Labute approximate surface area is 142 Å². The van der Waals surface area contributed by atoms with Gasteiger partial charge in [-0.2, -0.15) is 5.01 Å². The number of aromatic nitrogens is 1. The maximum Gasteiger partial charge on any atom is 0.285 e. The van der Waals surface area contributed by atoms with Gasteiger partial charge in [0.25, 0.3) is 11.8 Å². The highest BCUT2D eigenvalue weighted by atomic mass is 32.2. The second-order valence-corrected chi connectivity index (χ2v) is 6.29. The van der Waals surface area contributed by atoms with Crippen molar-refractivity contribution in [3.63, 3.8) is 0 Å². The van der Waals surface area contributed by atoms with E-state index >= 15 is 0 Å². The van der Waals surface area contributed by atoms with Crippen LogP contribution in [0.25, 0.3) is 6.08 Å². The third kappa shape index (κ3) is 3.46. The van der Waals surface area contributed by atoms with E-state index in [2.05, 4.69) is 10.4 Å². The van der Waals surface area contributed by atoms with E-state index < -0.39 is 0 Å². The Morgan fingerprint density at radius 3 is 2.70 bits per heavy atom. The van der Waals surface area contributed by atoms with Gasteiger partial charge in [-0.05, 0) is 42.1 Å². The number of carbonyl (C=O) groups is 2. The molecule has 1 aromatic heterocycles. The Bertz CT molecular complexity index is 791. The summed E-state index contributed by atoms with van der Waals surface area (Å²) in [5.41, 5.74) is 3.79. The van der Waals surface area contributed by atoms with Crippen LogP contribution < -0.4 is 5.43 Å². The fourth-order valence-corrected chi connectivity index (χ4v) is 3.11. The van der Waals surface area contributed by atoms with E-state index in [1.54, 1.807) is 48.8 Å². The number of hydrogen-bond acceptors (Lipinski definition) is 5. The Kier molecular flexibility index (Phi) is 4.50. The van der Waals surface area contributed by atoms with E-state index in [1.165, 1.54) is 0 Å². The fraction of sp³-hybridized carbons (Fsp3) is 0. The van der Waals surface area contributed by atoms with Gasteiger partial charge in [-0.1, -0.05) is 36.0 Å². The van der Waals surface area contributed by atoms with Crippen LogP contribution in [0.1, 0.15) is 15.9 Å². The lowest BCUT2D eigenvalue weighted by Gasteiger charge is -2.15. The largest absolute Gasteiger partial charge is 0.285 e. The number of amides is 2. The summed E-state index contributed by atoms with van der Waals surface area (Å²) in [6.45, 7) is 0. The lowest BCUT2D eigenvalue weighted by atomic mass is 10.2. The molecule has 1 fully saturated rings. The van der Waals surface area contributed by atoms with Gasteiger partial charge in [0, 0.05) is 18.0 Å². The van der Waals surface area contributed by atoms with Crippen LogP contribution in [0.3, 0.4) is 0 Å². The number of hydrogen-bond donors (Lipinski definition) is 1. The average molecular weight is 341 g/mol. The van der Waals surface area contributed by atoms with Gasteiger partial charge in [-0.15, -0.1) is 0 Å². The molecule has 1 N–H and O–H groups in total. The molecule has 0 unspecified atom stereocenters. The number of carbonyl (C=O) groups excluding carboxylic acids is 2. The predicted molar refractivity (Wildman–Crippen MR) is 93.2 cm³/mol. The summed E-state index contributed by atoms with van der Waals surface area (Å²) in [4.78, 5) is 29.0. The van der Waals surface area contributed by atoms with E-state index in [-0.39, 0.29) is 16.1 Å². The number of nitrogens with zero attached hydrogens (tertiary/aromatic N) is 2. The van der Waals surface area contributed by atoms with Crippen molar-refractivity contribution in [1.82, 2.24) is 15.4 Å². The minimum atomic E-state index is -0.385. The highest BCUT2D eigenvalue weighted by Crippen LogP contribution is 2.31. The number of hydrazine groups is 1. The monoisotopic (exact) mass is 341 g/mol. The van der Waals surface area contributed by atoms with Gasteiger partial charge < -0.3 is 0 Å². The van der Waals surface area contributed by atoms with Crippen molar-refractivity contribution in [2.24, 2.45) is 0 Å². The molecule has 7 heteroatoms. The molecule has 3 rings (SSSR count). The number of pyridine rings is 1. The second kappa shape index (κ2) is 6.72.